The summed E-state index contributed by atoms with van der Waals surface area (Å²) >= 11 is 7.73. The molecule has 1 N–H and O–H groups in total. The second-order valence-electron chi connectivity index (χ2n) is 7.60. The molecule has 0 saturated carbocycles. The van der Waals surface area contributed by atoms with E-state index >= 15 is 0 Å². The number of nitrogens with zero attached hydrogens (tertiary/aromatic N) is 4. The van der Waals surface area contributed by atoms with Gasteiger partial charge in [-0.05, 0) is 39.1 Å². The van der Waals surface area contributed by atoms with Crippen LogP contribution < -0.4 is 5.32 Å². The van der Waals surface area contributed by atoms with Gasteiger partial charge in [-0.1, -0.05) is 11.6 Å². The van der Waals surface area contributed by atoms with Gasteiger partial charge in [-0.3, -0.25) is 9.89 Å². The summed E-state index contributed by atoms with van der Waals surface area (Å²) in [6.07, 6.45) is 2.11. The Kier molecular flexibility index (Phi) is 7.39. The van der Waals surface area contributed by atoms with Crippen molar-refractivity contribution in [3.63, 3.8) is 0 Å². The lowest BCUT2D eigenvalue weighted by Gasteiger charge is -2.44. The maximum absolute atomic E-state index is 6.05. The molecule has 0 unspecified atom stereocenters. The topological polar surface area (TPSA) is 43.3 Å². The monoisotopic (exact) mass is 413 g/mol. The molecule has 1 aromatic rings. The lowest BCUT2D eigenvalue weighted by atomic mass is 9.88. The Bertz CT molecular complexity index is 621. The van der Waals surface area contributed by atoms with Gasteiger partial charge in [0.05, 0.1) is 4.34 Å². The molecule has 3 rings (SSSR count). The first-order valence-corrected chi connectivity index (χ1v) is 10.9. The minimum absolute atomic E-state index is 0.147. The van der Waals surface area contributed by atoms with Crippen molar-refractivity contribution in [3.05, 3.63) is 21.3 Å². The van der Waals surface area contributed by atoms with E-state index in [1.54, 1.807) is 11.3 Å². The predicted molar refractivity (Wildman–Crippen MR) is 114 cm³/mol. The second kappa shape index (κ2) is 9.56. The van der Waals surface area contributed by atoms with Crippen LogP contribution in [0.2, 0.25) is 4.34 Å². The molecule has 2 fully saturated rings. The maximum atomic E-state index is 6.05. The van der Waals surface area contributed by atoms with E-state index in [4.69, 9.17) is 16.3 Å². The highest BCUT2D eigenvalue weighted by Gasteiger charge is 2.35. The molecule has 0 radical (unpaired) electrons. The molecule has 0 aliphatic carbocycles. The van der Waals surface area contributed by atoms with E-state index in [9.17, 15) is 0 Å². The van der Waals surface area contributed by atoms with Crippen LogP contribution >= 0.6 is 22.9 Å². The Labute approximate surface area is 172 Å². The fourth-order valence-electron chi connectivity index (χ4n) is 3.88. The van der Waals surface area contributed by atoms with Gasteiger partial charge in [0.15, 0.2) is 5.96 Å². The Balaban J connectivity index is 1.50. The third-order valence-electron chi connectivity index (χ3n) is 5.84. The molecule has 8 heteroatoms. The maximum Gasteiger partial charge on any atom is 0.193 e. The Morgan fingerprint density at radius 3 is 2.52 bits per heavy atom. The predicted octanol–water partition coefficient (Wildman–Crippen LogP) is 2.21. The number of piperazine rings is 1. The molecule has 152 valence electrons. The number of thiophene rings is 1. The molecule has 0 bridgehead atoms. The molecule has 3 heterocycles. The normalized spacial score (nSPS) is 21.7. The fraction of sp³-hybridized carbons (Fsp3) is 0.737. The van der Waals surface area contributed by atoms with Gasteiger partial charge in [0.2, 0.25) is 0 Å². The van der Waals surface area contributed by atoms with Crippen LogP contribution in [0.5, 0.6) is 0 Å². The second-order valence-corrected chi connectivity index (χ2v) is 9.40. The molecule has 1 aromatic heterocycles. The highest BCUT2D eigenvalue weighted by molar-refractivity contribution is 7.16. The molecule has 0 amide bonds. The molecular formula is C19H32ClN5OS. The van der Waals surface area contributed by atoms with Gasteiger partial charge in [-0.2, -0.15) is 0 Å². The third-order valence-corrected chi connectivity index (χ3v) is 7.06. The van der Waals surface area contributed by atoms with Crippen LogP contribution in [0.3, 0.4) is 0 Å². The molecule has 27 heavy (non-hydrogen) atoms. The van der Waals surface area contributed by atoms with Gasteiger partial charge in [0.25, 0.3) is 0 Å². The molecule has 0 aromatic carbocycles. The molecule has 0 spiro atoms. The molecular weight excluding hydrogens is 382 g/mol. The number of nitrogens with one attached hydrogen (secondary N) is 1. The minimum Gasteiger partial charge on any atom is -0.381 e. The zero-order valence-electron chi connectivity index (χ0n) is 16.7. The Morgan fingerprint density at radius 2 is 1.96 bits per heavy atom. The average molecular weight is 414 g/mol. The van der Waals surface area contributed by atoms with E-state index in [0.29, 0.717) is 0 Å². The van der Waals surface area contributed by atoms with E-state index < -0.39 is 0 Å². The number of rotatable bonds is 5. The summed E-state index contributed by atoms with van der Waals surface area (Å²) in [5.41, 5.74) is 0.147. The van der Waals surface area contributed by atoms with Gasteiger partial charge >= 0.3 is 0 Å². The van der Waals surface area contributed by atoms with Gasteiger partial charge in [-0.25, -0.2) is 0 Å². The highest BCUT2D eigenvalue weighted by Crippen LogP contribution is 2.25. The van der Waals surface area contributed by atoms with Gasteiger partial charge in [-0.15, -0.1) is 11.3 Å². The number of halogens is 1. The number of ether oxygens (including phenoxy) is 1. The zero-order valence-corrected chi connectivity index (χ0v) is 18.3. The van der Waals surface area contributed by atoms with Crippen LogP contribution in [0, 0.1) is 0 Å². The highest BCUT2D eigenvalue weighted by atomic mass is 35.5. The van der Waals surface area contributed by atoms with Crippen molar-refractivity contribution in [3.8, 4) is 0 Å². The lowest BCUT2D eigenvalue weighted by molar-refractivity contribution is -0.00535. The molecule has 2 aliphatic heterocycles. The molecule has 2 aliphatic rings. The number of hydrogen-bond donors (Lipinski definition) is 1. The largest absolute Gasteiger partial charge is 0.381 e. The standard InChI is InChI=1S/C19H32ClN5OS/c1-21-18(22-15-19(23(2)3)6-12-26-13-7-19)25-10-8-24(9-11-25)14-16-4-5-17(20)27-16/h4-5H,6-15H2,1-3H3,(H,21,22). The first kappa shape index (κ1) is 20.9. The summed E-state index contributed by atoms with van der Waals surface area (Å²) < 4.78 is 6.45. The summed E-state index contributed by atoms with van der Waals surface area (Å²) in [5, 5.41) is 3.64. The number of guanidine groups is 1. The quantitative estimate of drug-likeness (QED) is 0.592. The van der Waals surface area contributed by atoms with Crippen molar-refractivity contribution in [2.75, 3.05) is 67.1 Å². The van der Waals surface area contributed by atoms with Crippen LogP contribution in [0.25, 0.3) is 0 Å². The Morgan fingerprint density at radius 1 is 1.26 bits per heavy atom. The van der Waals surface area contributed by atoms with Crippen LogP contribution in [0.4, 0.5) is 0 Å². The Hall–Kier alpha value is -0.860. The molecule has 6 nitrogen and oxygen atoms in total. The van der Waals surface area contributed by atoms with E-state index in [1.165, 1.54) is 4.88 Å². The van der Waals surface area contributed by atoms with E-state index in [1.807, 2.05) is 13.1 Å². The van der Waals surface area contributed by atoms with Gasteiger partial charge < -0.3 is 19.9 Å². The van der Waals surface area contributed by atoms with Crippen molar-refractivity contribution < 1.29 is 4.74 Å². The number of hydrogen-bond acceptors (Lipinski definition) is 5. The van der Waals surface area contributed by atoms with Gasteiger partial charge in [0.1, 0.15) is 0 Å². The fourth-order valence-corrected chi connectivity index (χ4v) is 5.01. The third kappa shape index (κ3) is 5.35. The van der Waals surface area contributed by atoms with Crippen molar-refractivity contribution in [1.82, 2.24) is 20.0 Å². The van der Waals surface area contributed by atoms with Crippen LogP contribution in [0.1, 0.15) is 17.7 Å². The smallest absolute Gasteiger partial charge is 0.193 e. The minimum atomic E-state index is 0.147. The first-order chi connectivity index (χ1) is 13.0. The van der Waals surface area contributed by atoms with Crippen LogP contribution in [-0.4, -0.2) is 93.3 Å². The van der Waals surface area contributed by atoms with Crippen LogP contribution in [-0.2, 0) is 11.3 Å². The van der Waals surface area contributed by atoms with E-state index in [0.717, 1.165) is 75.6 Å². The summed E-state index contributed by atoms with van der Waals surface area (Å²) in [7, 11) is 6.23. The summed E-state index contributed by atoms with van der Waals surface area (Å²) in [4.78, 5) is 13.1. The van der Waals surface area contributed by atoms with E-state index in [2.05, 4.69) is 45.2 Å². The van der Waals surface area contributed by atoms with Crippen molar-refractivity contribution in [2.45, 2.75) is 24.9 Å². The van der Waals surface area contributed by atoms with Crippen molar-refractivity contribution >= 4 is 28.9 Å². The average Bonchev–Trinajstić information content (AvgIpc) is 3.09. The zero-order chi connectivity index (χ0) is 19.3. The number of likely N-dealkylation sites (N-methyl/N-ethyl adjacent to an activating group) is 1. The first-order valence-electron chi connectivity index (χ1n) is 9.70. The van der Waals surface area contributed by atoms with E-state index in [-0.39, 0.29) is 5.54 Å². The summed E-state index contributed by atoms with van der Waals surface area (Å²) in [6.45, 7) is 7.65. The SMILES string of the molecule is CN=C(NCC1(N(C)C)CCOCC1)N1CCN(Cc2ccc(Cl)s2)CC1. The molecule has 2 saturated heterocycles. The van der Waals surface area contributed by atoms with Gasteiger partial charge in [0, 0.05) is 69.9 Å². The van der Waals surface area contributed by atoms with Crippen LogP contribution in [0.15, 0.2) is 17.1 Å². The summed E-state index contributed by atoms with van der Waals surface area (Å²) in [6, 6.07) is 4.12. The van der Waals surface area contributed by atoms with Crippen molar-refractivity contribution in [1.29, 1.82) is 0 Å². The number of aliphatic imine (C=N–C) groups is 1. The lowest BCUT2D eigenvalue weighted by Crippen LogP contribution is -2.59. The van der Waals surface area contributed by atoms with Crippen molar-refractivity contribution in [2.24, 2.45) is 4.99 Å². The summed E-state index contributed by atoms with van der Waals surface area (Å²) in [5.74, 6) is 1.02. The molecule has 0 atom stereocenters.